The molecule has 1 N–H and O–H groups in total. The van der Waals surface area contributed by atoms with Crippen molar-refractivity contribution in [3.63, 3.8) is 0 Å². The largest absolute Gasteiger partial charge is 0.317 e. The third-order valence-corrected chi connectivity index (χ3v) is 5.35. The Kier molecular flexibility index (Phi) is 6.66. The summed E-state index contributed by atoms with van der Waals surface area (Å²) in [4.78, 5) is 2.78. The first-order chi connectivity index (χ1) is 9.31. The molecule has 0 radical (unpaired) electrons. The monoisotopic (exact) mass is 266 g/mol. The highest BCUT2D eigenvalue weighted by Gasteiger charge is 2.32. The maximum Gasteiger partial charge on any atom is 0.00675 e. The van der Waals surface area contributed by atoms with Gasteiger partial charge in [-0.25, -0.2) is 0 Å². The van der Waals surface area contributed by atoms with Gasteiger partial charge in [0.25, 0.3) is 0 Å². The van der Waals surface area contributed by atoms with Crippen LogP contribution < -0.4 is 5.32 Å². The molecule has 0 amide bonds. The predicted octanol–water partition coefficient (Wildman–Crippen LogP) is 3.67. The third-order valence-electron chi connectivity index (χ3n) is 5.35. The smallest absolute Gasteiger partial charge is 0.00675 e. The van der Waals surface area contributed by atoms with Crippen LogP contribution in [0.2, 0.25) is 0 Å². The van der Waals surface area contributed by atoms with Crippen LogP contribution in [0.1, 0.15) is 65.2 Å². The third kappa shape index (κ3) is 4.75. The Morgan fingerprint density at radius 1 is 1.11 bits per heavy atom. The Morgan fingerprint density at radius 2 is 1.89 bits per heavy atom. The van der Waals surface area contributed by atoms with Crippen LogP contribution in [0.15, 0.2) is 0 Å². The van der Waals surface area contributed by atoms with E-state index in [2.05, 4.69) is 24.1 Å². The summed E-state index contributed by atoms with van der Waals surface area (Å²) >= 11 is 0. The van der Waals surface area contributed by atoms with Gasteiger partial charge in [-0.3, -0.25) is 0 Å². The van der Waals surface area contributed by atoms with Gasteiger partial charge < -0.3 is 10.2 Å². The molecule has 2 fully saturated rings. The molecule has 2 rings (SSSR count). The lowest BCUT2D eigenvalue weighted by Gasteiger charge is -2.43. The standard InChI is InChI=1S/C17H34N2/c1-3-11-18-12-6-7-15(2)19-13-10-16-8-4-5-9-17(16)14-19/h15-18H,3-14H2,1-2H3. The Balaban J connectivity index is 1.64. The van der Waals surface area contributed by atoms with E-state index in [1.807, 2.05) is 0 Å². The zero-order valence-corrected chi connectivity index (χ0v) is 13.2. The molecule has 0 spiro atoms. The van der Waals surface area contributed by atoms with Gasteiger partial charge in [0, 0.05) is 12.6 Å². The van der Waals surface area contributed by atoms with Gasteiger partial charge in [0.1, 0.15) is 0 Å². The molecule has 0 aromatic rings. The number of hydrogen-bond acceptors (Lipinski definition) is 2. The fraction of sp³-hybridized carbons (Fsp3) is 1.00. The van der Waals surface area contributed by atoms with E-state index >= 15 is 0 Å². The van der Waals surface area contributed by atoms with E-state index in [1.165, 1.54) is 77.5 Å². The summed E-state index contributed by atoms with van der Waals surface area (Å²) in [6, 6.07) is 0.798. The average molecular weight is 266 g/mol. The normalized spacial score (nSPS) is 30.0. The molecule has 1 aliphatic heterocycles. The minimum atomic E-state index is 0.798. The molecule has 0 aromatic carbocycles. The van der Waals surface area contributed by atoms with Crippen molar-refractivity contribution in [2.24, 2.45) is 11.8 Å². The first-order valence-electron chi connectivity index (χ1n) is 8.76. The van der Waals surface area contributed by atoms with Crippen molar-refractivity contribution in [2.45, 2.75) is 71.3 Å². The van der Waals surface area contributed by atoms with Gasteiger partial charge in [-0.05, 0) is 70.5 Å². The molecule has 1 aliphatic carbocycles. The van der Waals surface area contributed by atoms with Crippen molar-refractivity contribution in [3.8, 4) is 0 Å². The van der Waals surface area contributed by atoms with E-state index in [4.69, 9.17) is 0 Å². The Labute approximate surface area is 120 Å². The van der Waals surface area contributed by atoms with Crippen LogP contribution in [0.5, 0.6) is 0 Å². The van der Waals surface area contributed by atoms with Gasteiger partial charge in [0.2, 0.25) is 0 Å². The lowest BCUT2D eigenvalue weighted by molar-refractivity contribution is 0.0587. The van der Waals surface area contributed by atoms with Crippen molar-refractivity contribution < 1.29 is 0 Å². The second-order valence-corrected chi connectivity index (χ2v) is 6.83. The number of fused-ring (bicyclic) bond motifs is 1. The summed E-state index contributed by atoms with van der Waals surface area (Å²) in [5.41, 5.74) is 0. The number of hydrogen-bond donors (Lipinski definition) is 1. The Hall–Kier alpha value is -0.0800. The summed E-state index contributed by atoms with van der Waals surface area (Å²) in [6.07, 6.45) is 11.5. The zero-order valence-electron chi connectivity index (χ0n) is 13.2. The molecule has 3 atom stereocenters. The molecule has 3 unspecified atom stereocenters. The fourth-order valence-electron chi connectivity index (χ4n) is 4.04. The van der Waals surface area contributed by atoms with Gasteiger partial charge in [0.15, 0.2) is 0 Å². The maximum absolute atomic E-state index is 3.52. The van der Waals surface area contributed by atoms with Crippen molar-refractivity contribution in [1.29, 1.82) is 0 Å². The molecule has 1 saturated carbocycles. The molecule has 1 saturated heterocycles. The van der Waals surface area contributed by atoms with Crippen molar-refractivity contribution in [3.05, 3.63) is 0 Å². The highest BCUT2D eigenvalue weighted by atomic mass is 15.2. The summed E-state index contributed by atoms with van der Waals surface area (Å²) in [5, 5.41) is 3.52. The van der Waals surface area contributed by atoms with Crippen LogP contribution >= 0.6 is 0 Å². The maximum atomic E-state index is 3.52. The highest BCUT2D eigenvalue weighted by molar-refractivity contribution is 4.85. The first kappa shape index (κ1) is 15.3. The molecular weight excluding hydrogens is 232 g/mol. The van der Waals surface area contributed by atoms with E-state index in [0.29, 0.717) is 0 Å². The summed E-state index contributed by atoms with van der Waals surface area (Å²) < 4.78 is 0. The van der Waals surface area contributed by atoms with Crippen LogP contribution in [0.4, 0.5) is 0 Å². The van der Waals surface area contributed by atoms with Crippen molar-refractivity contribution >= 4 is 0 Å². The van der Waals surface area contributed by atoms with Crippen LogP contribution in [0.3, 0.4) is 0 Å². The molecule has 0 aromatic heterocycles. The SMILES string of the molecule is CCCNCCCC(C)N1CCC2CCCCC2C1. The van der Waals surface area contributed by atoms with E-state index in [1.54, 1.807) is 0 Å². The van der Waals surface area contributed by atoms with Crippen LogP contribution in [-0.4, -0.2) is 37.1 Å². The van der Waals surface area contributed by atoms with Crippen molar-refractivity contribution in [2.75, 3.05) is 26.2 Å². The first-order valence-corrected chi connectivity index (χ1v) is 8.76. The fourth-order valence-corrected chi connectivity index (χ4v) is 4.04. The number of likely N-dealkylation sites (tertiary alicyclic amines) is 1. The molecule has 2 heteroatoms. The van der Waals surface area contributed by atoms with Gasteiger partial charge >= 0.3 is 0 Å². The van der Waals surface area contributed by atoms with E-state index < -0.39 is 0 Å². The molecule has 2 aliphatic rings. The Morgan fingerprint density at radius 3 is 2.68 bits per heavy atom. The number of rotatable bonds is 7. The minimum absolute atomic E-state index is 0.798. The molecule has 2 nitrogen and oxygen atoms in total. The van der Waals surface area contributed by atoms with Gasteiger partial charge in [-0.2, -0.15) is 0 Å². The van der Waals surface area contributed by atoms with Gasteiger partial charge in [-0.1, -0.05) is 26.2 Å². The zero-order chi connectivity index (χ0) is 13.5. The molecule has 19 heavy (non-hydrogen) atoms. The van der Waals surface area contributed by atoms with Gasteiger partial charge in [-0.15, -0.1) is 0 Å². The van der Waals surface area contributed by atoms with E-state index in [0.717, 1.165) is 17.9 Å². The lowest BCUT2D eigenvalue weighted by atomic mass is 9.75. The molecule has 112 valence electrons. The minimum Gasteiger partial charge on any atom is -0.317 e. The molecular formula is C17H34N2. The second kappa shape index (κ2) is 8.26. The van der Waals surface area contributed by atoms with E-state index in [-0.39, 0.29) is 0 Å². The Bertz CT molecular complexity index is 241. The van der Waals surface area contributed by atoms with Crippen LogP contribution in [0, 0.1) is 11.8 Å². The molecule has 0 bridgehead atoms. The second-order valence-electron chi connectivity index (χ2n) is 6.83. The number of nitrogens with one attached hydrogen (secondary N) is 1. The van der Waals surface area contributed by atoms with Crippen LogP contribution in [-0.2, 0) is 0 Å². The number of piperidine rings is 1. The summed E-state index contributed by atoms with van der Waals surface area (Å²) in [5.74, 6) is 2.10. The highest BCUT2D eigenvalue weighted by Crippen LogP contribution is 2.36. The topological polar surface area (TPSA) is 15.3 Å². The number of nitrogens with zero attached hydrogens (tertiary/aromatic N) is 1. The summed E-state index contributed by atoms with van der Waals surface area (Å²) in [6.45, 7) is 9.84. The predicted molar refractivity (Wildman–Crippen MR) is 83.5 cm³/mol. The average Bonchev–Trinajstić information content (AvgIpc) is 2.46. The lowest BCUT2D eigenvalue weighted by Crippen LogP contribution is -2.45. The molecule has 1 heterocycles. The van der Waals surface area contributed by atoms with E-state index in [9.17, 15) is 0 Å². The quantitative estimate of drug-likeness (QED) is 0.707. The summed E-state index contributed by atoms with van der Waals surface area (Å²) in [7, 11) is 0. The van der Waals surface area contributed by atoms with Crippen LogP contribution in [0.25, 0.3) is 0 Å². The van der Waals surface area contributed by atoms with Gasteiger partial charge in [0.05, 0.1) is 0 Å². The van der Waals surface area contributed by atoms with Crippen molar-refractivity contribution in [1.82, 2.24) is 10.2 Å².